The molecule has 0 aromatic carbocycles. The number of carbonyl (C=O) groups excluding carboxylic acids is 1. The molecule has 8 nitrogen and oxygen atoms in total. The lowest BCUT2D eigenvalue weighted by atomic mass is 9.94. The molecule has 0 spiro atoms. The standard InChI is InChI=1S/C20H20F3N5O3/c1-26-15(9-17(29)27(2)19(26)31)18(30)28-7-3-4-11(10-28)13-8-14-12(24-13)5-6-16(25-14)20(21,22)23/h5-6,8-9,11,24H,3-4,7,10H2,1-2H3/t11-/m1/s1. The van der Waals surface area contributed by atoms with Gasteiger partial charge < -0.3 is 9.88 Å². The molecule has 164 valence electrons. The van der Waals surface area contributed by atoms with E-state index in [9.17, 15) is 27.6 Å². The summed E-state index contributed by atoms with van der Waals surface area (Å²) in [5.74, 6) is -0.569. The van der Waals surface area contributed by atoms with E-state index >= 15 is 0 Å². The predicted octanol–water partition coefficient (Wildman–Crippen LogP) is 2.00. The molecule has 3 aromatic rings. The van der Waals surface area contributed by atoms with E-state index in [1.54, 1.807) is 11.0 Å². The average molecular weight is 435 g/mol. The largest absolute Gasteiger partial charge is 0.433 e. The fraction of sp³-hybridized carbons (Fsp3) is 0.400. The highest BCUT2D eigenvalue weighted by Gasteiger charge is 2.33. The highest BCUT2D eigenvalue weighted by molar-refractivity contribution is 5.92. The minimum absolute atomic E-state index is 0.00174. The number of hydrogen-bond donors (Lipinski definition) is 1. The summed E-state index contributed by atoms with van der Waals surface area (Å²) in [6.07, 6.45) is -3.12. The van der Waals surface area contributed by atoms with E-state index in [1.165, 1.54) is 20.2 Å². The Morgan fingerprint density at radius 2 is 1.90 bits per heavy atom. The minimum Gasteiger partial charge on any atom is -0.357 e. The molecule has 31 heavy (non-hydrogen) atoms. The first-order chi connectivity index (χ1) is 14.6. The Kier molecular flexibility index (Phi) is 4.98. The fourth-order valence-corrected chi connectivity index (χ4v) is 3.92. The number of amides is 1. The van der Waals surface area contributed by atoms with E-state index in [2.05, 4.69) is 9.97 Å². The number of H-pyrrole nitrogens is 1. The third-order valence-electron chi connectivity index (χ3n) is 5.68. The Labute approximate surface area is 173 Å². The van der Waals surface area contributed by atoms with Crippen molar-refractivity contribution in [3.05, 3.63) is 62.2 Å². The second-order valence-electron chi connectivity index (χ2n) is 7.71. The summed E-state index contributed by atoms with van der Waals surface area (Å²) in [6, 6.07) is 4.99. The zero-order valence-corrected chi connectivity index (χ0v) is 16.9. The van der Waals surface area contributed by atoms with Crippen molar-refractivity contribution < 1.29 is 18.0 Å². The normalized spacial score (nSPS) is 17.3. The van der Waals surface area contributed by atoms with E-state index in [0.717, 1.165) is 27.7 Å². The van der Waals surface area contributed by atoms with Gasteiger partial charge in [-0.1, -0.05) is 0 Å². The number of halogens is 3. The van der Waals surface area contributed by atoms with E-state index in [0.29, 0.717) is 30.7 Å². The zero-order valence-electron chi connectivity index (χ0n) is 16.9. The molecule has 1 atom stereocenters. The molecule has 1 aliphatic rings. The van der Waals surface area contributed by atoms with Gasteiger partial charge in [-0.15, -0.1) is 0 Å². The van der Waals surface area contributed by atoms with Crippen LogP contribution in [0, 0.1) is 0 Å². The second-order valence-corrected chi connectivity index (χ2v) is 7.71. The lowest BCUT2D eigenvalue weighted by molar-refractivity contribution is -0.140. The van der Waals surface area contributed by atoms with Crippen LogP contribution in [0.2, 0.25) is 0 Å². The molecule has 0 radical (unpaired) electrons. The second kappa shape index (κ2) is 7.40. The number of aromatic amines is 1. The van der Waals surface area contributed by atoms with Gasteiger partial charge in [0.05, 0.1) is 11.0 Å². The molecular weight excluding hydrogens is 415 g/mol. The Hall–Kier alpha value is -3.37. The third-order valence-corrected chi connectivity index (χ3v) is 5.68. The molecule has 11 heteroatoms. The van der Waals surface area contributed by atoms with Gasteiger partial charge >= 0.3 is 11.9 Å². The lowest BCUT2D eigenvalue weighted by Crippen LogP contribution is -2.44. The van der Waals surface area contributed by atoms with Crippen molar-refractivity contribution in [1.29, 1.82) is 0 Å². The van der Waals surface area contributed by atoms with Gasteiger partial charge in [-0.2, -0.15) is 13.2 Å². The van der Waals surface area contributed by atoms with Gasteiger partial charge in [-0.25, -0.2) is 9.78 Å². The molecular formula is C20H20F3N5O3. The Balaban J connectivity index is 1.61. The molecule has 1 amide bonds. The van der Waals surface area contributed by atoms with Crippen molar-refractivity contribution in [2.24, 2.45) is 14.1 Å². The van der Waals surface area contributed by atoms with Crippen molar-refractivity contribution in [2.75, 3.05) is 13.1 Å². The van der Waals surface area contributed by atoms with Crippen LogP contribution in [0.4, 0.5) is 13.2 Å². The highest BCUT2D eigenvalue weighted by Crippen LogP contribution is 2.32. The average Bonchev–Trinajstić information content (AvgIpc) is 3.17. The molecule has 0 unspecified atom stereocenters. The summed E-state index contributed by atoms with van der Waals surface area (Å²) in [7, 11) is 2.77. The van der Waals surface area contributed by atoms with Gasteiger partial charge in [0.25, 0.3) is 11.5 Å². The van der Waals surface area contributed by atoms with E-state index in [4.69, 9.17) is 0 Å². The van der Waals surface area contributed by atoms with Crippen molar-refractivity contribution >= 4 is 16.9 Å². The van der Waals surface area contributed by atoms with Crippen molar-refractivity contribution in [3.63, 3.8) is 0 Å². The smallest absolute Gasteiger partial charge is 0.357 e. The quantitative estimate of drug-likeness (QED) is 0.667. The van der Waals surface area contributed by atoms with Crippen LogP contribution in [0.25, 0.3) is 11.0 Å². The first-order valence-electron chi connectivity index (χ1n) is 9.69. The number of piperidine rings is 1. The Bertz CT molecular complexity index is 1290. The summed E-state index contributed by atoms with van der Waals surface area (Å²) >= 11 is 0. The molecule has 0 bridgehead atoms. The van der Waals surface area contributed by atoms with E-state index in [1.807, 2.05) is 0 Å². The van der Waals surface area contributed by atoms with Gasteiger partial charge in [0.1, 0.15) is 11.4 Å². The first-order valence-corrected chi connectivity index (χ1v) is 9.69. The number of hydrogen-bond acceptors (Lipinski definition) is 4. The van der Waals surface area contributed by atoms with Crippen molar-refractivity contribution in [3.8, 4) is 0 Å². The van der Waals surface area contributed by atoms with Crippen LogP contribution < -0.4 is 11.2 Å². The van der Waals surface area contributed by atoms with Crippen molar-refractivity contribution in [1.82, 2.24) is 24.0 Å². The lowest BCUT2D eigenvalue weighted by Gasteiger charge is -2.32. The summed E-state index contributed by atoms with van der Waals surface area (Å²) in [5.41, 5.74) is -0.729. The summed E-state index contributed by atoms with van der Waals surface area (Å²) in [4.78, 5) is 45.5. The number of aromatic nitrogens is 4. The van der Waals surface area contributed by atoms with Gasteiger partial charge in [0.15, 0.2) is 0 Å². The maximum absolute atomic E-state index is 13.0. The number of fused-ring (bicyclic) bond motifs is 1. The number of likely N-dealkylation sites (tertiary alicyclic amines) is 1. The highest BCUT2D eigenvalue weighted by atomic mass is 19.4. The SMILES string of the molecule is Cn1c(C(=O)N2CCC[C@@H](c3cc4nc(C(F)(F)F)ccc4[nH]3)C2)cc(=O)n(C)c1=O. The van der Waals surface area contributed by atoms with Crippen LogP contribution in [0.1, 0.15) is 40.6 Å². The number of nitrogens with zero attached hydrogens (tertiary/aromatic N) is 4. The summed E-state index contributed by atoms with van der Waals surface area (Å²) < 4.78 is 40.8. The van der Waals surface area contributed by atoms with Gasteiger partial charge in [-0.3, -0.25) is 18.7 Å². The number of carbonyl (C=O) groups is 1. The third kappa shape index (κ3) is 3.75. The van der Waals surface area contributed by atoms with Crippen molar-refractivity contribution in [2.45, 2.75) is 24.9 Å². The zero-order chi connectivity index (χ0) is 22.5. The number of pyridine rings is 1. The molecule has 4 heterocycles. The van der Waals surface area contributed by atoms with Gasteiger partial charge in [0.2, 0.25) is 0 Å². The Morgan fingerprint density at radius 1 is 1.16 bits per heavy atom. The molecule has 1 saturated heterocycles. The molecule has 1 fully saturated rings. The minimum atomic E-state index is -4.53. The van der Waals surface area contributed by atoms with Gasteiger partial charge in [-0.05, 0) is 31.0 Å². The fourth-order valence-electron chi connectivity index (χ4n) is 3.92. The number of alkyl halides is 3. The van der Waals surface area contributed by atoms with Crippen LogP contribution in [-0.2, 0) is 20.3 Å². The Morgan fingerprint density at radius 3 is 2.61 bits per heavy atom. The molecule has 0 aliphatic carbocycles. The molecule has 3 aromatic heterocycles. The predicted molar refractivity (Wildman–Crippen MR) is 106 cm³/mol. The molecule has 1 aliphatic heterocycles. The number of rotatable bonds is 2. The molecule has 4 rings (SSSR count). The maximum Gasteiger partial charge on any atom is 0.433 e. The first kappa shape index (κ1) is 20.9. The van der Waals surface area contributed by atoms with Gasteiger partial charge in [0, 0.05) is 44.9 Å². The summed E-state index contributed by atoms with van der Waals surface area (Å²) in [5, 5.41) is 0. The number of nitrogens with one attached hydrogen (secondary N) is 1. The van der Waals surface area contributed by atoms with Crippen LogP contribution in [0.5, 0.6) is 0 Å². The maximum atomic E-state index is 13.0. The molecule has 0 saturated carbocycles. The van der Waals surface area contributed by atoms with E-state index < -0.39 is 29.0 Å². The van der Waals surface area contributed by atoms with Crippen LogP contribution >= 0.6 is 0 Å². The monoisotopic (exact) mass is 435 g/mol. The topological polar surface area (TPSA) is 93.0 Å². The van der Waals surface area contributed by atoms with Crippen LogP contribution in [-0.4, -0.2) is 43.0 Å². The van der Waals surface area contributed by atoms with Crippen LogP contribution in [0.15, 0.2) is 33.9 Å². The van der Waals surface area contributed by atoms with E-state index in [-0.39, 0.29) is 17.1 Å². The molecule has 1 N–H and O–H groups in total. The van der Waals surface area contributed by atoms with Crippen LogP contribution in [0.3, 0.4) is 0 Å². The summed E-state index contributed by atoms with van der Waals surface area (Å²) in [6.45, 7) is 0.761.